The van der Waals surface area contributed by atoms with Crippen LogP contribution in [-0.4, -0.2) is 26.9 Å². The molecule has 0 aliphatic carbocycles. The SMILES string of the molecule is COc1cccc(-n2cc3[nH][c]nc3n2)c1. The van der Waals surface area contributed by atoms with Gasteiger partial charge in [-0.3, -0.25) is 0 Å². The fourth-order valence-corrected chi connectivity index (χ4v) is 1.56. The van der Waals surface area contributed by atoms with Gasteiger partial charge in [-0.1, -0.05) is 6.07 Å². The number of rotatable bonds is 2. The zero-order valence-electron chi connectivity index (χ0n) is 8.64. The van der Waals surface area contributed by atoms with Crippen molar-refractivity contribution in [2.75, 3.05) is 7.11 Å². The number of ether oxygens (including phenoxy) is 1. The minimum Gasteiger partial charge on any atom is -0.497 e. The zero-order valence-corrected chi connectivity index (χ0v) is 8.64. The van der Waals surface area contributed by atoms with E-state index in [1.807, 2.05) is 30.5 Å². The first-order valence-corrected chi connectivity index (χ1v) is 4.83. The van der Waals surface area contributed by atoms with Crippen LogP contribution in [-0.2, 0) is 0 Å². The number of benzene rings is 1. The fourth-order valence-electron chi connectivity index (χ4n) is 1.56. The summed E-state index contributed by atoms with van der Waals surface area (Å²) in [4.78, 5) is 6.85. The highest BCUT2D eigenvalue weighted by Gasteiger charge is 2.04. The van der Waals surface area contributed by atoms with Crippen LogP contribution in [0.3, 0.4) is 0 Å². The van der Waals surface area contributed by atoms with Gasteiger partial charge in [0.15, 0.2) is 12.0 Å². The van der Waals surface area contributed by atoms with Gasteiger partial charge in [-0.15, -0.1) is 5.10 Å². The van der Waals surface area contributed by atoms with E-state index in [9.17, 15) is 0 Å². The van der Waals surface area contributed by atoms with Crippen LogP contribution in [0.2, 0.25) is 0 Å². The van der Waals surface area contributed by atoms with Crippen molar-refractivity contribution in [3.8, 4) is 11.4 Å². The summed E-state index contributed by atoms with van der Waals surface area (Å²) in [6.07, 6.45) is 4.51. The molecule has 0 unspecified atom stereocenters. The summed E-state index contributed by atoms with van der Waals surface area (Å²) in [5.41, 5.74) is 2.45. The summed E-state index contributed by atoms with van der Waals surface area (Å²) in [7, 11) is 1.64. The van der Waals surface area contributed by atoms with E-state index in [0.29, 0.717) is 5.65 Å². The standard InChI is InChI=1S/C11H9N4O/c1-16-9-4-2-3-8(5-9)15-6-10-11(14-15)13-7-12-10/h2-6H,1H3,(H,12,13,14). The molecule has 2 aromatic heterocycles. The van der Waals surface area contributed by atoms with Crippen molar-refractivity contribution >= 4 is 11.2 Å². The highest BCUT2D eigenvalue weighted by atomic mass is 16.5. The molecular weight excluding hydrogens is 204 g/mol. The number of nitrogens with one attached hydrogen (secondary N) is 1. The van der Waals surface area contributed by atoms with Gasteiger partial charge in [-0.2, -0.15) is 0 Å². The van der Waals surface area contributed by atoms with E-state index < -0.39 is 0 Å². The lowest BCUT2D eigenvalue weighted by atomic mass is 10.3. The van der Waals surface area contributed by atoms with Crippen LogP contribution in [0, 0.1) is 6.33 Å². The molecule has 0 aliphatic rings. The largest absolute Gasteiger partial charge is 0.497 e. The number of aromatic amines is 1. The highest BCUT2D eigenvalue weighted by molar-refractivity contribution is 5.69. The van der Waals surface area contributed by atoms with Gasteiger partial charge in [0.25, 0.3) is 0 Å². The summed E-state index contributed by atoms with van der Waals surface area (Å²) in [5.74, 6) is 0.802. The molecule has 0 spiro atoms. The van der Waals surface area contributed by atoms with Gasteiger partial charge >= 0.3 is 0 Å². The summed E-state index contributed by atoms with van der Waals surface area (Å²) in [6.45, 7) is 0. The van der Waals surface area contributed by atoms with Crippen LogP contribution in [0.1, 0.15) is 0 Å². The summed E-state index contributed by atoms with van der Waals surface area (Å²) < 4.78 is 6.92. The maximum Gasteiger partial charge on any atom is 0.200 e. The Balaban J connectivity index is 2.11. The normalized spacial score (nSPS) is 10.8. The molecule has 3 aromatic rings. The second kappa shape index (κ2) is 3.37. The van der Waals surface area contributed by atoms with Crippen molar-refractivity contribution < 1.29 is 4.74 Å². The van der Waals surface area contributed by atoms with Gasteiger partial charge < -0.3 is 9.72 Å². The number of methoxy groups -OCH3 is 1. The number of H-pyrrole nitrogens is 1. The van der Waals surface area contributed by atoms with Crippen LogP contribution in [0.15, 0.2) is 30.5 Å². The van der Waals surface area contributed by atoms with Crippen molar-refractivity contribution in [3.05, 3.63) is 36.8 Å². The second-order valence-corrected chi connectivity index (χ2v) is 3.36. The van der Waals surface area contributed by atoms with Gasteiger partial charge in [0.1, 0.15) is 11.3 Å². The maximum atomic E-state index is 5.16. The van der Waals surface area contributed by atoms with Gasteiger partial charge in [0.05, 0.1) is 19.0 Å². The molecule has 0 fully saturated rings. The molecule has 5 heteroatoms. The van der Waals surface area contributed by atoms with Crippen molar-refractivity contribution in [2.24, 2.45) is 0 Å². The first-order chi connectivity index (χ1) is 7.86. The highest BCUT2D eigenvalue weighted by Crippen LogP contribution is 2.17. The van der Waals surface area contributed by atoms with Crippen molar-refractivity contribution in [1.29, 1.82) is 0 Å². The predicted octanol–water partition coefficient (Wildman–Crippen LogP) is 1.56. The zero-order chi connectivity index (χ0) is 11.0. The van der Waals surface area contributed by atoms with Crippen molar-refractivity contribution in [1.82, 2.24) is 19.7 Å². The molecule has 0 saturated carbocycles. The monoisotopic (exact) mass is 213 g/mol. The Morgan fingerprint density at radius 1 is 1.44 bits per heavy atom. The number of hydrogen-bond donors (Lipinski definition) is 1. The quantitative estimate of drug-likeness (QED) is 0.702. The smallest absolute Gasteiger partial charge is 0.200 e. The fraction of sp³-hybridized carbons (Fsp3) is 0.0909. The Bertz CT molecular complexity index is 597. The van der Waals surface area contributed by atoms with Crippen molar-refractivity contribution in [2.45, 2.75) is 0 Å². The van der Waals surface area contributed by atoms with Crippen molar-refractivity contribution in [3.63, 3.8) is 0 Å². The molecule has 0 amide bonds. The Hall–Kier alpha value is -2.30. The molecule has 0 bridgehead atoms. The molecule has 1 N–H and O–H groups in total. The third-order valence-corrected chi connectivity index (χ3v) is 2.36. The summed E-state index contributed by atoms with van der Waals surface area (Å²) in [5, 5.41) is 4.31. The molecule has 5 nitrogen and oxygen atoms in total. The molecule has 1 radical (unpaired) electrons. The molecule has 0 atom stereocenters. The molecule has 2 heterocycles. The summed E-state index contributed by atoms with van der Waals surface area (Å²) >= 11 is 0. The van der Waals surface area contributed by atoms with E-state index >= 15 is 0 Å². The molecule has 0 aliphatic heterocycles. The average molecular weight is 213 g/mol. The maximum absolute atomic E-state index is 5.16. The lowest BCUT2D eigenvalue weighted by Gasteiger charge is -2.03. The first kappa shape index (κ1) is 8.96. The van der Waals surface area contributed by atoms with E-state index in [1.165, 1.54) is 0 Å². The van der Waals surface area contributed by atoms with E-state index in [-0.39, 0.29) is 0 Å². The number of nitrogens with zero attached hydrogens (tertiary/aromatic N) is 3. The Kier molecular flexibility index (Phi) is 1.89. The number of fused-ring (bicyclic) bond motifs is 1. The molecule has 16 heavy (non-hydrogen) atoms. The van der Waals surface area contributed by atoms with Crippen LogP contribution < -0.4 is 4.74 Å². The number of aromatic nitrogens is 4. The number of imidazole rings is 1. The average Bonchev–Trinajstić information content (AvgIpc) is 2.89. The lowest BCUT2D eigenvalue weighted by Crippen LogP contribution is -1.95. The minimum atomic E-state index is 0.655. The molecule has 3 rings (SSSR count). The van der Waals surface area contributed by atoms with E-state index in [2.05, 4.69) is 21.4 Å². The third-order valence-electron chi connectivity index (χ3n) is 2.36. The lowest BCUT2D eigenvalue weighted by molar-refractivity contribution is 0.414. The molecular formula is C11H9N4O. The molecule has 0 saturated heterocycles. The Morgan fingerprint density at radius 3 is 3.19 bits per heavy atom. The third kappa shape index (κ3) is 1.33. The first-order valence-electron chi connectivity index (χ1n) is 4.83. The topological polar surface area (TPSA) is 55.7 Å². The van der Waals surface area contributed by atoms with Crippen LogP contribution >= 0.6 is 0 Å². The van der Waals surface area contributed by atoms with E-state index in [1.54, 1.807) is 11.8 Å². The Labute approximate surface area is 91.7 Å². The van der Waals surface area contributed by atoms with Crippen LogP contribution in [0.25, 0.3) is 16.9 Å². The van der Waals surface area contributed by atoms with Gasteiger partial charge in [-0.25, -0.2) is 9.67 Å². The van der Waals surface area contributed by atoms with Gasteiger partial charge in [-0.05, 0) is 12.1 Å². The van der Waals surface area contributed by atoms with Crippen LogP contribution in [0.4, 0.5) is 0 Å². The second-order valence-electron chi connectivity index (χ2n) is 3.36. The molecule has 79 valence electrons. The minimum absolute atomic E-state index is 0.655. The molecule has 1 aromatic carbocycles. The predicted molar refractivity (Wildman–Crippen MR) is 58.6 cm³/mol. The van der Waals surface area contributed by atoms with Crippen LogP contribution in [0.5, 0.6) is 5.75 Å². The van der Waals surface area contributed by atoms with Gasteiger partial charge in [0.2, 0.25) is 0 Å². The number of hydrogen-bond acceptors (Lipinski definition) is 3. The van der Waals surface area contributed by atoms with E-state index in [4.69, 9.17) is 4.74 Å². The Morgan fingerprint density at radius 2 is 2.38 bits per heavy atom. The van der Waals surface area contributed by atoms with E-state index in [0.717, 1.165) is 17.0 Å². The summed E-state index contributed by atoms with van der Waals surface area (Å²) in [6, 6.07) is 7.68. The van der Waals surface area contributed by atoms with Gasteiger partial charge in [0, 0.05) is 6.07 Å².